The lowest BCUT2D eigenvalue weighted by Crippen LogP contribution is -2.48. The van der Waals surface area contributed by atoms with Crippen molar-refractivity contribution in [3.63, 3.8) is 0 Å². The maximum atomic E-state index is 12.9. The molecular weight excluding hydrogens is 502 g/mol. The molecule has 6 nitrogen and oxygen atoms in total. The minimum absolute atomic E-state index is 0.219. The third-order valence-corrected chi connectivity index (χ3v) is 7.78. The topological polar surface area (TPSA) is 54.3 Å². The Morgan fingerprint density at radius 1 is 0.892 bits per heavy atom. The molecule has 1 fully saturated rings. The highest BCUT2D eigenvalue weighted by Crippen LogP contribution is 2.29. The maximum absolute atomic E-state index is 12.9. The monoisotopic (exact) mass is 531 g/mol. The maximum Gasteiger partial charge on any atom is 0.222 e. The van der Waals surface area contributed by atoms with Crippen LogP contribution in [0, 0.1) is 6.92 Å². The standard InChI is InChI=1S/C29H30ClN5OS/c1-22-12-14-23(15-13-22)28-31-32-29(35(28)25-8-3-2-4-9-25)37-20-6-11-27(36)34-18-16-33(17-19-34)26-10-5-7-24(30)21-26/h2-5,7-10,12-15,21H,6,11,16-20H2,1H3. The van der Waals surface area contributed by atoms with Crippen LogP contribution in [0.3, 0.4) is 0 Å². The number of hydrogen-bond donors (Lipinski definition) is 0. The van der Waals surface area contributed by atoms with Crippen LogP contribution < -0.4 is 4.90 Å². The molecule has 5 rings (SSSR count). The minimum Gasteiger partial charge on any atom is -0.368 e. The van der Waals surface area contributed by atoms with Gasteiger partial charge in [0, 0.05) is 60.3 Å². The van der Waals surface area contributed by atoms with Gasteiger partial charge in [0.15, 0.2) is 11.0 Å². The van der Waals surface area contributed by atoms with Gasteiger partial charge in [-0.3, -0.25) is 9.36 Å². The number of aromatic nitrogens is 3. The van der Waals surface area contributed by atoms with Gasteiger partial charge in [-0.25, -0.2) is 0 Å². The van der Waals surface area contributed by atoms with Gasteiger partial charge in [-0.05, 0) is 43.7 Å². The second kappa shape index (κ2) is 11.8. The first-order chi connectivity index (χ1) is 18.1. The van der Waals surface area contributed by atoms with Gasteiger partial charge in [0.25, 0.3) is 0 Å². The molecule has 0 bridgehead atoms. The highest BCUT2D eigenvalue weighted by atomic mass is 35.5. The molecule has 1 saturated heterocycles. The number of amides is 1. The van der Waals surface area contributed by atoms with E-state index in [0.717, 1.165) is 71.3 Å². The Bertz CT molecular complexity index is 1330. The van der Waals surface area contributed by atoms with E-state index in [1.807, 2.05) is 41.3 Å². The summed E-state index contributed by atoms with van der Waals surface area (Å²) in [4.78, 5) is 17.1. The van der Waals surface area contributed by atoms with Gasteiger partial charge in [-0.1, -0.05) is 77.5 Å². The van der Waals surface area contributed by atoms with E-state index < -0.39 is 0 Å². The summed E-state index contributed by atoms with van der Waals surface area (Å²) in [5.74, 6) is 1.84. The highest BCUT2D eigenvalue weighted by molar-refractivity contribution is 7.99. The lowest BCUT2D eigenvalue weighted by Gasteiger charge is -2.36. The largest absolute Gasteiger partial charge is 0.368 e. The Hall–Kier alpha value is -3.29. The molecule has 1 aliphatic heterocycles. The van der Waals surface area contributed by atoms with E-state index in [1.165, 1.54) is 5.56 Å². The predicted molar refractivity (Wildman–Crippen MR) is 152 cm³/mol. The Morgan fingerprint density at radius 2 is 1.62 bits per heavy atom. The molecule has 1 aromatic heterocycles. The quantitative estimate of drug-likeness (QED) is 0.202. The van der Waals surface area contributed by atoms with Crippen LogP contribution in [0.25, 0.3) is 17.1 Å². The molecule has 190 valence electrons. The molecule has 4 aromatic rings. The van der Waals surface area contributed by atoms with Crippen LogP contribution in [0.2, 0.25) is 5.02 Å². The lowest BCUT2D eigenvalue weighted by atomic mass is 10.1. The lowest BCUT2D eigenvalue weighted by molar-refractivity contribution is -0.131. The number of aryl methyl sites for hydroxylation is 1. The van der Waals surface area contributed by atoms with Crippen LogP contribution in [0.15, 0.2) is 84.0 Å². The molecule has 37 heavy (non-hydrogen) atoms. The first-order valence-corrected chi connectivity index (χ1v) is 13.9. The summed E-state index contributed by atoms with van der Waals surface area (Å²) >= 11 is 7.78. The van der Waals surface area contributed by atoms with E-state index in [0.29, 0.717) is 6.42 Å². The summed E-state index contributed by atoms with van der Waals surface area (Å²) in [6.07, 6.45) is 1.33. The molecule has 1 amide bonds. The van der Waals surface area contributed by atoms with E-state index in [2.05, 4.69) is 69.1 Å². The van der Waals surface area contributed by atoms with Gasteiger partial charge in [-0.15, -0.1) is 10.2 Å². The third kappa shape index (κ3) is 6.17. The fourth-order valence-corrected chi connectivity index (χ4v) is 5.57. The van der Waals surface area contributed by atoms with E-state index in [1.54, 1.807) is 11.8 Å². The van der Waals surface area contributed by atoms with E-state index >= 15 is 0 Å². The van der Waals surface area contributed by atoms with Gasteiger partial charge >= 0.3 is 0 Å². The molecule has 0 aliphatic carbocycles. The molecule has 8 heteroatoms. The number of hydrogen-bond acceptors (Lipinski definition) is 5. The van der Waals surface area contributed by atoms with Crippen LogP contribution in [-0.4, -0.2) is 57.5 Å². The van der Waals surface area contributed by atoms with Gasteiger partial charge in [0.05, 0.1) is 0 Å². The van der Waals surface area contributed by atoms with Crippen molar-refractivity contribution in [3.05, 3.63) is 89.4 Å². The van der Waals surface area contributed by atoms with Crippen LogP contribution in [0.4, 0.5) is 5.69 Å². The summed E-state index contributed by atoms with van der Waals surface area (Å²) in [6.45, 7) is 5.19. The second-order valence-corrected chi connectivity index (χ2v) is 10.6. The van der Waals surface area contributed by atoms with Crippen LogP contribution >= 0.6 is 23.4 Å². The first kappa shape index (κ1) is 25.4. The summed E-state index contributed by atoms with van der Waals surface area (Å²) in [7, 11) is 0. The fourth-order valence-electron chi connectivity index (χ4n) is 4.49. The van der Waals surface area contributed by atoms with E-state index in [-0.39, 0.29) is 5.91 Å². The van der Waals surface area contributed by atoms with Crippen molar-refractivity contribution in [1.82, 2.24) is 19.7 Å². The average molecular weight is 532 g/mol. The number of piperazine rings is 1. The van der Waals surface area contributed by atoms with Crippen molar-refractivity contribution in [2.45, 2.75) is 24.9 Å². The van der Waals surface area contributed by atoms with Crippen molar-refractivity contribution in [2.24, 2.45) is 0 Å². The van der Waals surface area contributed by atoms with Crippen LogP contribution in [0.1, 0.15) is 18.4 Å². The Morgan fingerprint density at radius 3 is 2.35 bits per heavy atom. The van der Waals surface area contributed by atoms with Gasteiger partial charge in [-0.2, -0.15) is 0 Å². The van der Waals surface area contributed by atoms with Crippen LogP contribution in [-0.2, 0) is 4.79 Å². The normalized spacial score (nSPS) is 13.7. The molecule has 0 saturated carbocycles. The fraction of sp³-hybridized carbons (Fsp3) is 0.276. The number of benzene rings is 3. The average Bonchev–Trinajstić information content (AvgIpc) is 3.36. The van der Waals surface area contributed by atoms with Gasteiger partial charge < -0.3 is 9.80 Å². The van der Waals surface area contributed by atoms with Gasteiger partial charge in [0.2, 0.25) is 5.91 Å². The SMILES string of the molecule is Cc1ccc(-c2nnc(SCCCC(=O)N3CCN(c4cccc(Cl)c4)CC3)n2-c2ccccc2)cc1. The zero-order chi connectivity index (χ0) is 25.6. The van der Waals surface area contributed by atoms with Crippen LogP contribution in [0.5, 0.6) is 0 Å². The predicted octanol–water partition coefficient (Wildman–Crippen LogP) is 6.12. The Labute approximate surface area is 227 Å². The van der Waals surface area contributed by atoms with E-state index in [9.17, 15) is 4.79 Å². The Balaban J connectivity index is 1.17. The molecule has 3 aromatic carbocycles. The molecule has 0 N–H and O–H groups in total. The first-order valence-electron chi connectivity index (χ1n) is 12.6. The molecular formula is C29H30ClN5OS. The number of nitrogens with zero attached hydrogens (tertiary/aromatic N) is 5. The number of rotatable bonds is 8. The zero-order valence-electron chi connectivity index (χ0n) is 20.9. The van der Waals surface area contributed by atoms with Crippen molar-refractivity contribution in [3.8, 4) is 17.1 Å². The number of thioether (sulfide) groups is 1. The summed E-state index contributed by atoms with van der Waals surface area (Å²) in [6, 6.07) is 26.4. The summed E-state index contributed by atoms with van der Waals surface area (Å²) in [5.41, 5.74) is 4.38. The minimum atomic E-state index is 0.219. The smallest absolute Gasteiger partial charge is 0.222 e. The molecule has 1 aliphatic rings. The zero-order valence-corrected chi connectivity index (χ0v) is 22.5. The molecule has 0 spiro atoms. The molecule has 0 radical (unpaired) electrons. The number of carbonyl (C=O) groups is 1. The molecule has 0 atom stereocenters. The summed E-state index contributed by atoms with van der Waals surface area (Å²) < 4.78 is 2.10. The number of anilines is 1. The second-order valence-electron chi connectivity index (χ2n) is 9.14. The molecule has 2 heterocycles. The Kier molecular flexibility index (Phi) is 8.12. The van der Waals surface area contributed by atoms with Crippen molar-refractivity contribution < 1.29 is 4.79 Å². The van der Waals surface area contributed by atoms with Crippen molar-refractivity contribution in [1.29, 1.82) is 0 Å². The van der Waals surface area contributed by atoms with Gasteiger partial charge in [0.1, 0.15) is 0 Å². The van der Waals surface area contributed by atoms with Crippen molar-refractivity contribution in [2.75, 3.05) is 36.8 Å². The van der Waals surface area contributed by atoms with Crippen molar-refractivity contribution >= 4 is 35.0 Å². The summed E-state index contributed by atoms with van der Waals surface area (Å²) in [5, 5.41) is 10.6. The number of halogens is 1. The number of carbonyl (C=O) groups excluding carboxylic acids is 1. The highest BCUT2D eigenvalue weighted by Gasteiger charge is 2.21. The molecule has 0 unspecified atom stereocenters. The van der Waals surface area contributed by atoms with E-state index in [4.69, 9.17) is 11.6 Å². The number of para-hydroxylation sites is 1. The third-order valence-electron chi connectivity index (χ3n) is 6.53.